The van der Waals surface area contributed by atoms with E-state index >= 15 is 0 Å². The molecule has 0 aliphatic carbocycles. The highest BCUT2D eigenvalue weighted by Gasteiger charge is 2.21. The van der Waals surface area contributed by atoms with Crippen molar-refractivity contribution in [2.24, 2.45) is 0 Å². The quantitative estimate of drug-likeness (QED) is 0.222. The van der Waals surface area contributed by atoms with Crippen molar-refractivity contribution in [2.45, 2.75) is 10.8 Å². The lowest BCUT2D eigenvalue weighted by atomic mass is 9.97. The summed E-state index contributed by atoms with van der Waals surface area (Å²) in [6, 6.07) is 15.4. The summed E-state index contributed by atoms with van der Waals surface area (Å²) in [5, 5.41) is 34.6. The van der Waals surface area contributed by atoms with Crippen LogP contribution >= 0.6 is 34.7 Å². The second-order valence-corrected chi connectivity index (χ2v) is 9.66. The normalized spacial score (nSPS) is 10.5. The van der Waals surface area contributed by atoms with Gasteiger partial charge in [-0.1, -0.05) is 35.5 Å². The lowest BCUT2D eigenvalue weighted by Crippen LogP contribution is -2.04. The van der Waals surface area contributed by atoms with Crippen LogP contribution in [0.4, 0.5) is 21.0 Å². The number of benzene rings is 2. The zero-order valence-electron chi connectivity index (χ0n) is 19.0. The van der Waals surface area contributed by atoms with Crippen LogP contribution in [-0.4, -0.2) is 28.3 Å². The van der Waals surface area contributed by atoms with Gasteiger partial charge in [0.15, 0.2) is 5.13 Å². The van der Waals surface area contributed by atoms with E-state index in [-0.39, 0.29) is 35.2 Å². The minimum atomic E-state index is -0.503. The van der Waals surface area contributed by atoms with Crippen LogP contribution in [0.5, 0.6) is 5.75 Å². The summed E-state index contributed by atoms with van der Waals surface area (Å²) in [5.74, 6) is 0.454. The number of thiazole rings is 1. The molecule has 0 aliphatic heterocycles. The minimum absolute atomic E-state index is 0.00831. The summed E-state index contributed by atoms with van der Waals surface area (Å²) in [6.45, 7) is 0.0399. The summed E-state index contributed by atoms with van der Waals surface area (Å²) >= 11 is 8.47. The molecule has 2 heterocycles. The van der Waals surface area contributed by atoms with E-state index in [4.69, 9.17) is 27.2 Å². The average molecular weight is 553 g/mol. The van der Waals surface area contributed by atoms with Crippen LogP contribution in [0.3, 0.4) is 0 Å². The number of thioether (sulfide) groups is 1. The summed E-state index contributed by atoms with van der Waals surface area (Å²) in [6.07, 6.45) is 0. The first-order chi connectivity index (χ1) is 17.9. The van der Waals surface area contributed by atoms with Gasteiger partial charge in [0.1, 0.15) is 46.7 Å². The molecular weight excluding hydrogens is 535 g/mol. The van der Waals surface area contributed by atoms with E-state index in [2.05, 4.69) is 27.4 Å². The Morgan fingerprint density at radius 1 is 1.14 bits per heavy atom. The molecule has 2 aromatic carbocycles. The Bertz CT molecular complexity index is 1520. The van der Waals surface area contributed by atoms with Crippen LogP contribution in [0.2, 0.25) is 5.02 Å². The predicted octanol–water partition coefficient (Wildman–Crippen LogP) is 5.73. The topological polar surface area (TPSA) is 141 Å². The van der Waals surface area contributed by atoms with Gasteiger partial charge in [0.2, 0.25) is 0 Å². The highest BCUT2D eigenvalue weighted by atomic mass is 35.5. The molecule has 4 rings (SSSR count). The van der Waals surface area contributed by atoms with Crippen molar-refractivity contribution >= 4 is 51.3 Å². The molecule has 2 aromatic heterocycles. The Morgan fingerprint density at radius 3 is 2.57 bits per heavy atom. The number of aromatic nitrogens is 2. The largest absolute Gasteiger partial charge is 0.491 e. The zero-order valence-corrected chi connectivity index (χ0v) is 21.4. The Labute approximate surface area is 225 Å². The van der Waals surface area contributed by atoms with Gasteiger partial charge in [-0.25, -0.2) is 14.4 Å². The molecule has 0 radical (unpaired) electrons. The van der Waals surface area contributed by atoms with Gasteiger partial charge in [-0.15, -0.1) is 11.3 Å². The lowest BCUT2D eigenvalue weighted by molar-refractivity contribution is 0.201. The number of rotatable bonds is 9. The van der Waals surface area contributed by atoms with Gasteiger partial charge in [-0.05, 0) is 35.9 Å². The molecular formula is C25H18ClFN6O2S2. The number of hydrogen-bond donors (Lipinski definition) is 3. The molecule has 4 N–H and O–H groups in total. The first-order valence-electron chi connectivity index (χ1n) is 10.7. The third kappa shape index (κ3) is 6.10. The van der Waals surface area contributed by atoms with Gasteiger partial charge in [0.25, 0.3) is 0 Å². The molecule has 186 valence electrons. The van der Waals surface area contributed by atoms with Crippen molar-refractivity contribution in [2.75, 3.05) is 24.3 Å². The third-order valence-corrected chi connectivity index (χ3v) is 7.10. The van der Waals surface area contributed by atoms with E-state index in [1.807, 2.05) is 5.38 Å². The SMILES string of the molecule is N#Cc1c(N)nc(SCc2csc(Nc3ccc(F)c(Cl)c3)n2)c(C#N)c1-c1ccc(OCCO)cc1. The third-order valence-electron chi connectivity index (χ3n) is 5.00. The van der Waals surface area contributed by atoms with Crippen molar-refractivity contribution in [3.8, 4) is 29.0 Å². The molecule has 0 atom stereocenters. The van der Waals surface area contributed by atoms with E-state index in [0.717, 1.165) is 5.69 Å². The number of nitrogens with zero attached hydrogens (tertiary/aromatic N) is 4. The molecule has 8 nitrogen and oxygen atoms in total. The van der Waals surface area contributed by atoms with Gasteiger partial charge >= 0.3 is 0 Å². The maximum absolute atomic E-state index is 13.4. The smallest absolute Gasteiger partial charge is 0.187 e. The molecule has 37 heavy (non-hydrogen) atoms. The van der Waals surface area contributed by atoms with Crippen LogP contribution < -0.4 is 15.8 Å². The zero-order chi connectivity index (χ0) is 26.4. The van der Waals surface area contributed by atoms with E-state index in [1.165, 1.54) is 35.2 Å². The number of nitriles is 2. The second-order valence-electron chi connectivity index (χ2n) is 7.43. The first kappa shape index (κ1) is 26.2. The second kappa shape index (κ2) is 11.9. The molecule has 12 heteroatoms. The maximum atomic E-state index is 13.4. The van der Waals surface area contributed by atoms with Gasteiger partial charge in [-0.3, -0.25) is 0 Å². The molecule has 0 fully saturated rings. The summed E-state index contributed by atoms with van der Waals surface area (Å²) in [5.41, 5.74) is 8.78. The predicted molar refractivity (Wildman–Crippen MR) is 142 cm³/mol. The Hall–Kier alpha value is -3.87. The van der Waals surface area contributed by atoms with E-state index in [0.29, 0.717) is 38.5 Å². The minimum Gasteiger partial charge on any atom is -0.491 e. The summed E-state index contributed by atoms with van der Waals surface area (Å²) in [4.78, 5) is 8.84. The van der Waals surface area contributed by atoms with Crippen LogP contribution in [0.15, 0.2) is 52.9 Å². The number of ether oxygens (including phenoxy) is 1. The van der Waals surface area contributed by atoms with Crippen LogP contribution in [0.25, 0.3) is 11.1 Å². The van der Waals surface area contributed by atoms with E-state index in [9.17, 15) is 14.9 Å². The van der Waals surface area contributed by atoms with Gasteiger partial charge in [0.05, 0.1) is 22.9 Å². The number of nitrogens with two attached hydrogens (primary N) is 1. The molecule has 0 bridgehead atoms. The number of nitrogen functional groups attached to an aromatic ring is 1. The van der Waals surface area contributed by atoms with Gasteiger partial charge in [0, 0.05) is 22.4 Å². The Morgan fingerprint density at radius 2 is 1.89 bits per heavy atom. The Balaban J connectivity index is 1.57. The average Bonchev–Trinajstić information content (AvgIpc) is 3.35. The fourth-order valence-corrected chi connectivity index (χ4v) is 5.25. The van der Waals surface area contributed by atoms with Crippen molar-refractivity contribution in [1.29, 1.82) is 10.5 Å². The molecule has 0 amide bonds. The molecule has 4 aromatic rings. The number of pyridine rings is 1. The van der Waals surface area contributed by atoms with Crippen molar-refractivity contribution in [1.82, 2.24) is 9.97 Å². The highest BCUT2D eigenvalue weighted by Crippen LogP contribution is 2.37. The van der Waals surface area contributed by atoms with Crippen molar-refractivity contribution in [3.63, 3.8) is 0 Å². The highest BCUT2D eigenvalue weighted by molar-refractivity contribution is 7.98. The Kier molecular flexibility index (Phi) is 8.43. The van der Waals surface area contributed by atoms with E-state index in [1.54, 1.807) is 30.3 Å². The van der Waals surface area contributed by atoms with Crippen molar-refractivity contribution < 1.29 is 14.2 Å². The van der Waals surface area contributed by atoms with Gasteiger partial charge < -0.3 is 20.9 Å². The number of halogens is 2. The summed E-state index contributed by atoms with van der Waals surface area (Å²) in [7, 11) is 0. The summed E-state index contributed by atoms with van der Waals surface area (Å²) < 4.78 is 18.8. The molecule has 0 saturated heterocycles. The number of aliphatic hydroxyl groups is 1. The molecule has 0 unspecified atom stereocenters. The van der Waals surface area contributed by atoms with Crippen LogP contribution in [-0.2, 0) is 5.75 Å². The number of hydrogen-bond acceptors (Lipinski definition) is 10. The number of anilines is 3. The van der Waals surface area contributed by atoms with Gasteiger partial charge in [-0.2, -0.15) is 10.5 Å². The van der Waals surface area contributed by atoms with E-state index < -0.39 is 5.82 Å². The molecule has 0 spiro atoms. The monoisotopic (exact) mass is 552 g/mol. The standard InChI is InChI=1S/C25H18ClFN6O2S2/c26-20-9-15(3-6-21(20)27)31-25-32-16(13-37-25)12-36-24-19(11-29)22(18(10-28)23(30)33-24)14-1-4-17(5-2-14)35-8-7-34/h1-6,9,13,34H,7-8,12H2,(H2,30,33)(H,31,32). The van der Waals surface area contributed by atoms with Crippen molar-refractivity contribution in [3.05, 3.63) is 75.5 Å². The van der Waals surface area contributed by atoms with Crippen LogP contribution in [0, 0.1) is 28.5 Å². The molecule has 0 aliphatic rings. The fraction of sp³-hybridized carbons (Fsp3) is 0.120. The number of nitrogens with one attached hydrogen (secondary N) is 1. The molecule has 0 saturated carbocycles. The van der Waals surface area contributed by atoms with Crippen LogP contribution in [0.1, 0.15) is 16.8 Å². The first-order valence-corrected chi connectivity index (χ1v) is 12.9. The number of aliphatic hydroxyl groups excluding tert-OH is 1. The fourth-order valence-electron chi connectivity index (χ4n) is 3.34. The lowest BCUT2D eigenvalue weighted by Gasteiger charge is -2.13. The maximum Gasteiger partial charge on any atom is 0.187 e.